The van der Waals surface area contributed by atoms with Crippen LogP contribution in [0.1, 0.15) is 66.9 Å². The van der Waals surface area contributed by atoms with Crippen LogP contribution >= 0.6 is 0 Å². The van der Waals surface area contributed by atoms with Crippen LogP contribution in [0.25, 0.3) is 0 Å². The van der Waals surface area contributed by atoms with Gasteiger partial charge < -0.3 is 14.7 Å². The zero-order valence-corrected chi connectivity index (χ0v) is 23.3. The first-order chi connectivity index (χ1) is 18.7. The number of benzene rings is 2. The van der Waals surface area contributed by atoms with Crippen molar-refractivity contribution < 1.29 is 23.1 Å². The molecule has 2 aliphatic carbocycles. The van der Waals surface area contributed by atoms with Gasteiger partial charge in [0.1, 0.15) is 12.0 Å². The maximum atomic E-state index is 13.1. The van der Waals surface area contributed by atoms with Gasteiger partial charge in [0.05, 0.1) is 18.0 Å². The van der Waals surface area contributed by atoms with Gasteiger partial charge in [0, 0.05) is 23.4 Å². The molecule has 2 N–H and O–H groups in total. The molecule has 5 unspecified atom stereocenters. The van der Waals surface area contributed by atoms with E-state index in [1.165, 1.54) is 11.1 Å². The molecule has 8 heteroatoms. The van der Waals surface area contributed by atoms with Gasteiger partial charge in [-0.2, -0.15) is 0 Å². The molecule has 1 amide bonds. The van der Waals surface area contributed by atoms with Crippen molar-refractivity contribution in [2.24, 2.45) is 17.8 Å². The lowest BCUT2D eigenvalue weighted by Crippen LogP contribution is -2.53. The summed E-state index contributed by atoms with van der Waals surface area (Å²) in [5.74, 6) is 0.185. The van der Waals surface area contributed by atoms with Gasteiger partial charge >= 0.3 is 0 Å². The fraction of sp³-hybridized carbons (Fsp3) is 0.516. The molecule has 0 radical (unpaired) electrons. The highest BCUT2D eigenvalue weighted by molar-refractivity contribution is 7.90. The number of aliphatic hydroxyl groups excluding tert-OH is 1. The Bertz CT molecular complexity index is 1390. The summed E-state index contributed by atoms with van der Waals surface area (Å²) in [5.41, 5.74) is 3.19. The molecule has 2 aromatic rings. The summed E-state index contributed by atoms with van der Waals surface area (Å²) in [6.07, 6.45) is 9.96. The zero-order valence-electron chi connectivity index (χ0n) is 22.5. The monoisotopic (exact) mass is 550 g/mol. The number of nitrogens with zero attached hydrogens (tertiary/aromatic N) is 1. The number of sulfonamides is 1. The van der Waals surface area contributed by atoms with Crippen LogP contribution in [0.2, 0.25) is 0 Å². The second-order valence-electron chi connectivity index (χ2n) is 12.1. The number of amides is 1. The van der Waals surface area contributed by atoms with E-state index in [0.717, 1.165) is 38.5 Å². The van der Waals surface area contributed by atoms with Crippen molar-refractivity contribution in [3.05, 3.63) is 71.3 Å². The van der Waals surface area contributed by atoms with E-state index in [0.29, 0.717) is 36.9 Å². The SMILES string of the molecule is CC1C/C=C\CC2CCC2C(O)N2CC3(CCCc4ccccc43)COc3ccc(cc32)C(=O)NS(=O)(=O)C1. The Balaban J connectivity index is 1.43. The summed E-state index contributed by atoms with van der Waals surface area (Å²) < 4.78 is 34.3. The molecular weight excluding hydrogens is 512 g/mol. The standard InChI is InChI=1S/C31H38N2O5S/c1-21-7-2-3-8-22-12-14-25(22)30(35)33-19-31(16-6-10-23-9-4-5-11-26(23)31)20-38-28-15-13-24(17-27(28)33)29(34)32-39(36,37)18-21/h2-5,9,11,13,15,17,21-22,25,30,35H,6-8,10,12,14,16,18-20H2,1H3,(H,32,34)/b3-2-. The van der Waals surface area contributed by atoms with E-state index in [1.807, 2.05) is 17.9 Å². The van der Waals surface area contributed by atoms with E-state index in [9.17, 15) is 18.3 Å². The second kappa shape index (κ2) is 10.3. The predicted molar refractivity (Wildman–Crippen MR) is 151 cm³/mol. The summed E-state index contributed by atoms with van der Waals surface area (Å²) in [7, 11) is -3.80. The number of hydrogen-bond acceptors (Lipinski definition) is 6. The van der Waals surface area contributed by atoms with Gasteiger partial charge in [0.15, 0.2) is 0 Å². The van der Waals surface area contributed by atoms with Crippen molar-refractivity contribution in [3.63, 3.8) is 0 Å². The molecule has 7 nitrogen and oxygen atoms in total. The van der Waals surface area contributed by atoms with Gasteiger partial charge in [0.2, 0.25) is 10.0 Å². The number of rotatable bonds is 0. The lowest BCUT2D eigenvalue weighted by molar-refractivity contribution is 0.00918. The minimum Gasteiger partial charge on any atom is -0.490 e. The summed E-state index contributed by atoms with van der Waals surface area (Å²) in [6, 6.07) is 13.6. The quantitative estimate of drug-likeness (QED) is 0.468. The summed E-state index contributed by atoms with van der Waals surface area (Å²) in [4.78, 5) is 15.2. The van der Waals surface area contributed by atoms with Crippen LogP contribution in [0, 0.1) is 17.8 Å². The Morgan fingerprint density at radius 2 is 1.92 bits per heavy atom. The van der Waals surface area contributed by atoms with Crippen LogP contribution < -0.4 is 14.4 Å². The molecule has 2 heterocycles. The molecule has 208 valence electrons. The van der Waals surface area contributed by atoms with Crippen molar-refractivity contribution in [3.8, 4) is 5.75 Å². The fourth-order valence-electron chi connectivity index (χ4n) is 7.03. The number of nitrogens with one attached hydrogen (secondary N) is 1. The highest BCUT2D eigenvalue weighted by Gasteiger charge is 2.46. The summed E-state index contributed by atoms with van der Waals surface area (Å²) in [5, 5.41) is 12.0. The first-order valence-electron chi connectivity index (χ1n) is 14.2. The van der Waals surface area contributed by atoms with Crippen LogP contribution in [-0.2, 0) is 21.9 Å². The molecule has 1 saturated carbocycles. The van der Waals surface area contributed by atoms with E-state index in [4.69, 9.17) is 4.74 Å². The van der Waals surface area contributed by atoms with Crippen LogP contribution in [0.15, 0.2) is 54.6 Å². The Kier molecular flexibility index (Phi) is 6.96. The predicted octanol–water partition coefficient (Wildman–Crippen LogP) is 4.55. The number of anilines is 1. The third-order valence-corrected chi connectivity index (χ3v) is 10.8. The third-order valence-electron chi connectivity index (χ3n) is 9.27. The lowest BCUT2D eigenvalue weighted by atomic mass is 9.68. The number of aryl methyl sites for hydroxylation is 1. The average molecular weight is 551 g/mol. The Morgan fingerprint density at radius 1 is 1.10 bits per heavy atom. The van der Waals surface area contributed by atoms with Crippen molar-refractivity contribution in [1.82, 2.24) is 4.72 Å². The van der Waals surface area contributed by atoms with Crippen molar-refractivity contribution in [2.75, 3.05) is 23.8 Å². The van der Waals surface area contributed by atoms with E-state index in [2.05, 4.69) is 35.1 Å². The van der Waals surface area contributed by atoms with E-state index in [-0.39, 0.29) is 28.6 Å². The number of aliphatic hydroxyl groups is 1. The lowest BCUT2D eigenvalue weighted by Gasteiger charge is -2.47. The Morgan fingerprint density at radius 3 is 2.74 bits per heavy atom. The number of allylic oxidation sites excluding steroid dienone is 2. The molecule has 6 rings (SSSR count). The van der Waals surface area contributed by atoms with Crippen molar-refractivity contribution in [1.29, 1.82) is 0 Å². The number of fused-ring (bicyclic) bond motifs is 4. The van der Waals surface area contributed by atoms with Crippen LogP contribution in [0.5, 0.6) is 5.75 Å². The van der Waals surface area contributed by atoms with Gasteiger partial charge in [-0.05, 0) is 86.1 Å². The molecule has 0 saturated heterocycles. The van der Waals surface area contributed by atoms with E-state index >= 15 is 0 Å². The third kappa shape index (κ3) is 5.09. The molecule has 1 spiro atoms. The minimum atomic E-state index is -3.80. The van der Waals surface area contributed by atoms with Gasteiger partial charge in [-0.1, -0.05) is 43.3 Å². The summed E-state index contributed by atoms with van der Waals surface area (Å²) in [6.45, 7) is 2.93. The van der Waals surface area contributed by atoms with Crippen LogP contribution in [0.3, 0.4) is 0 Å². The molecule has 4 aliphatic rings. The molecule has 2 aliphatic heterocycles. The first kappa shape index (κ1) is 26.4. The van der Waals surface area contributed by atoms with Gasteiger partial charge in [0.25, 0.3) is 5.91 Å². The topological polar surface area (TPSA) is 95.9 Å². The van der Waals surface area contributed by atoms with E-state index < -0.39 is 22.2 Å². The Hall–Kier alpha value is -2.84. The van der Waals surface area contributed by atoms with Gasteiger partial charge in [-0.3, -0.25) is 4.79 Å². The molecule has 39 heavy (non-hydrogen) atoms. The Labute approximate surface area is 231 Å². The molecule has 0 aromatic heterocycles. The fourth-order valence-corrected chi connectivity index (χ4v) is 8.40. The van der Waals surface area contributed by atoms with Crippen molar-refractivity contribution in [2.45, 2.75) is 63.5 Å². The zero-order chi connectivity index (χ0) is 27.2. The molecule has 2 aromatic carbocycles. The molecule has 1 fully saturated rings. The molecule has 2 bridgehead atoms. The highest BCUT2D eigenvalue weighted by Crippen LogP contribution is 2.48. The minimum absolute atomic E-state index is 0.111. The molecule has 5 atom stereocenters. The largest absolute Gasteiger partial charge is 0.490 e. The molecular formula is C31H38N2O5S. The van der Waals surface area contributed by atoms with Crippen molar-refractivity contribution >= 4 is 21.6 Å². The van der Waals surface area contributed by atoms with Crippen LogP contribution in [-0.4, -0.2) is 44.6 Å². The smallest absolute Gasteiger partial charge is 0.264 e. The summed E-state index contributed by atoms with van der Waals surface area (Å²) >= 11 is 0. The maximum absolute atomic E-state index is 13.1. The number of ether oxygens (including phenoxy) is 1. The number of carbonyl (C=O) groups is 1. The van der Waals surface area contributed by atoms with Crippen LogP contribution in [0.4, 0.5) is 5.69 Å². The van der Waals surface area contributed by atoms with E-state index in [1.54, 1.807) is 18.2 Å². The maximum Gasteiger partial charge on any atom is 0.264 e. The number of hydrogen-bond donors (Lipinski definition) is 2. The number of carbonyl (C=O) groups excluding carboxylic acids is 1. The first-order valence-corrected chi connectivity index (χ1v) is 15.9. The normalized spacial score (nSPS) is 33.0. The second-order valence-corrected chi connectivity index (χ2v) is 13.8. The average Bonchev–Trinajstić information content (AvgIpc) is 3.04. The van der Waals surface area contributed by atoms with Gasteiger partial charge in [-0.15, -0.1) is 0 Å². The van der Waals surface area contributed by atoms with Gasteiger partial charge in [-0.25, -0.2) is 13.1 Å². The highest BCUT2D eigenvalue weighted by atomic mass is 32.2.